The number of likely N-dealkylation sites (tertiary alicyclic amines) is 1. The van der Waals surface area contributed by atoms with Gasteiger partial charge in [-0.25, -0.2) is 0 Å². The van der Waals surface area contributed by atoms with Crippen molar-refractivity contribution < 1.29 is 4.79 Å². The molecule has 2 aliphatic rings. The second-order valence-corrected chi connectivity index (χ2v) is 4.58. The second kappa shape index (κ2) is 4.49. The Balaban J connectivity index is 1.67. The predicted octanol–water partition coefficient (Wildman–Crippen LogP) is 0.826. The molecule has 0 aromatic heterocycles. The molecule has 2 rings (SSSR count). The first kappa shape index (κ1) is 10.2. The zero-order valence-electron chi connectivity index (χ0n) is 8.34. The second-order valence-electron chi connectivity index (χ2n) is 4.31. The van der Waals surface area contributed by atoms with Gasteiger partial charge in [0.2, 0.25) is 5.91 Å². The molecule has 4 heteroatoms. The first-order valence-corrected chi connectivity index (χ1v) is 5.90. The fraction of sp³-hybridized carbons (Fsp3) is 0.900. The van der Waals surface area contributed by atoms with Crippen molar-refractivity contribution in [2.24, 2.45) is 5.92 Å². The number of nitrogens with one attached hydrogen (secondary N) is 1. The smallest absolute Gasteiger partial charge is 0.237 e. The van der Waals surface area contributed by atoms with Crippen LogP contribution >= 0.6 is 11.6 Å². The third-order valence-corrected chi connectivity index (χ3v) is 3.28. The summed E-state index contributed by atoms with van der Waals surface area (Å²) in [5, 5.41) is 3.52. The Kier molecular flexibility index (Phi) is 3.29. The van der Waals surface area contributed by atoms with Crippen LogP contribution in [-0.4, -0.2) is 42.4 Å². The van der Waals surface area contributed by atoms with Crippen LogP contribution < -0.4 is 5.32 Å². The van der Waals surface area contributed by atoms with Gasteiger partial charge in [0.15, 0.2) is 0 Å². The van der Waals surface area contributed by atoms with Gasteiger partial charge in [0, 0.05) is 19.1 Å². The van der Waals surface area contributed by atoms with Crippen molar-refractivity contribution in [1.82, 2.24) is 10.2 Å². The molecule has 2 fully saturated rings. The van der Waals surface area contributed by atoms with Crippen molar-refractivity contribution in [2.75, 3.05) is 25.5 Å². The maximum atomic E-state index is 11.3. The van der Waals surface area contributed by atoms with Crippen molar-refractivity contribution in [1.29, 1.82) is 0 Å². The van der Waals surface area contributed by atoms with Crippen LogP contribution in [0.3, 0.4) is 0 Å². The molecule has 1 heterocycles. The standard InChI is InChI=1S/C10H17ClN2O/c11-5-10(14)13-4-3-9(7-13)12-6-8-1-2-8/h8-9,12H,1-7H2/t9-/m1/s1. The minimum Gasteiger partial charge on any atom is -0.340 e. The minimum absolute atomic E-state index is 0.0717. The Morgan fingerprint density at radius 1 is 1.43 bits per heavy atom. The SMILES string of the molecule is O=C(CCl)N1CC[C@@H](NCC2CC2)C1. The number of hydrogen-bond donors (Lipinski definition) is 1. The topological polar surface area (TPSA) is 32.3 Å². The lowest BCUT2D eigenvalue weighted by atomic mass is 10.2. The van der Waals surface area contributed by atoms with E-state index in [2.05, 4.69) is 5.32 Å². The summed E-state index contributed by atoms with van der Waals surface area (Å²) in [5.41, 5.74) is 0. The lowest BCUT2D eigenvalue weighted by molar-refractivity contribution is -0.127. The van der Waals surface area contributed by atoms with E-state index >= 15 is 0 Å². The molecule has 1 amide bonds. The van der Waals surface area contributed by atoms with Crippen LogP contribution in [-0.2, 0) is 4.79 Å². The zero-order chi connectivity index (χ0) is 9.97. The van der Waals surface area contributed by atoms with E-state index in [1.807, 2.05) is 4.90 Å². The minimum atomic E-state index is 0.0717. The van der Waals surface area contributed by atoms with Crippen LogP contribution in [0.2, 0.25) is 0 Å². The maximum absolute atomic E-state index is 11.3. The van der Waals surface area contributed by atoms with Crippen LogP contribution in [0.1, 0.15) is 19.3 Å². The van der Waals surface area contributed by atoms with Gasteiger partial charge in [-0.3, -0.25) is 4.79 Å². The number of rotatable bonds is 4. The van der Waals surface area contributed by atoms with Crippen molar-refractivity contribution in [3.05, 3.63) is 0 Å². The largest absolute Gasteiger partial charge is 0.340 e. The molecule has 14 heavy (non-hydrogen) atoms. The first-order chi connectivity index (χ1) is 6.79. The molecule has 0 unspecified atom stereocenters. The number of carbonyl (C=O) groups is 1. The van der Waals surface area contributed by atoms with Crippen LogP contribution in [0.25, 0.3) is 0 Å². The van der Waals surface area contributed by atoms with Crippen molar-refractivity contribution >= 4 is 17.5 Å². The molecule has 0 aromatic rings. The van der Waals surface area contributed by atoms with Crippen LogP contribution in [0.15, 0.2) is 0 Å². The molecule has 1 N–H and O–H groups in total. The lowest BCUT2D eigenvalue weighted by Gasteiger charge is -2.15. The van der Waals surface area contributed by atoms with Gasteiger partial charge in [0.05, 0.1) is 0 Å². The highest BCUT2D eigenvalue weighted by Gasteiger charge is 2.27. The number of nitrogens with zero attached hydrogens (tertiary/aromatic N) is 1. The fourth-order valence-corrected chi connectivity index (χ4v) is 2.06. The van der Waals surface area contributed by atoms with Gasteiger partial charge < -0.3 is 10.2 Å². The molecule has 0 bridgehead atoms. The Labute approximate surface area is 89.8 Å². The Hall–Kier alpha value is -0.280. The Bertz CT molecular complexity index is 218. The number of alkyl halides is 1. The summed E-state index contributed by atoms with van der Waals surface area (Å²) >= 11 is 5.51. The van der Waals surface area contributed by atoms with Crippen molar-refractivity contribution in [3.63, 3.8) is 0 Å². The molecular weight excluding hydrogens is 200 g/mol. The monoisotopic (exact) mass is 216 g/mol. The third kappa shape index (κ3) is 2.61. The van der Waals surface area contributed by atoms with Gasteiger partial charge in [0.1, 0.15) is 5.88 Å². The van der Waals surface area contributed by atoms with Gasteiger partial charge in [-0.1, -0.05) is 0 Å². The molecule has 1 aliphatic heterocycles. The highest BCUT2D eigenvalue weighted by molar-refractivity contribution is 6.27. The normalized spacial score (nSPS) is 26.9. The Morgan fingerprint density at radius 3 is 2.86 bits per heavy atom. The number of carbonyl (C=O) groups excluding carboxylic acids is 1. The van der Waals surface area contributed by atoms with E-state index in [0.717, 1.165) is 32.0 Å². The predicted molar refractivity (Wildman–Crippen MR) is 56.4 cm³/mol. The van der Waals surface area contributed by atoms with Gasteiger partial charge in [0.25, 0.3) is 0 Å². The summed E-state index contributed by atoms with van der Waals surface area (Å²) in [6, 6.07) is 0.503. The first-order valence-electron chi connectivity index (χ1n) is 5.36. The quantitative estimate of drug-likeness (QED) is 0.706. The molecule has 80 valence electrons. The number of amides is 1. The van der Waals surface area contributed by atoms with E-state index in [1.54, 1.807) is 0 Å². The summed E-state index contributed by atoms with van der Waals surface area (Å²) in [4.78, 5) is 13.1. The van der Waals surface area contributed by atoms with Gasteiger partial charge in [-0.15, -0.1) is 11.6 Å². The van der Waals surface area contributed by atoms with Crippen LogP contribution in [0, 0.1) is 5.92 Å². The van der Waals surface area contributed by atoms with E-state index < -0.39 is 0 Å². The molecule has 1 saturated heterocycles. The van der Waals surface area contributed by atoms with E-state index in [1.165, 1.54) is 12.8 Å². The van der Waals surface area contributed by atoms with Gasteiger partial charge >= 0.3 is 0 Å². The summed E-state index contributed by atoms with van der Waals surface area (Å²) in [6.45, 7) is 2.85. The zero-order valence-corrected chi connectivity index (χ0v) is 9.09. The Morgan fingerprint density at radius 2 is 2.21 bits per heavy atom. The molecule has 0 aromatic carbocycles. The third-order valence-electron chi connectivity index (χ3n) is 3.05. The van der Waals surface area contributed by atoms with Gasteiger partial charge in [-0.2, -0.15) is 0 Å². The average Bonchev–Trinajstić information content (AvgIpc) is 2.92. The highest BCUT2D eigenvalue weighted by Crippen LogP contribution is 2.28. The van der Waals surface area contributed by atoms with E-state index in [-0.39, 0.29) is 11.8 Å². The molecular formula is C10H17ClN2O. The summed E-state index contributed by atoms with van der Waals surface area (Å²) in [7, 11) is 0. The molecule has 0 spiro atoms. The van der Waals surface area contributed by atoms with Crippen molar-refractivity contribution in [3.8, 4) is 0 Å². The number of halogens is 1. The maximum Gasteiger partial charge on any atom is 0.237 e. The van der Waals surface area contributed by atoms with E-state index in [4.69, 9.17) is 11.6 Å². The van der Waals surface area contributed by atoms with E-state index in [0.29, 0.717) is 6.04 Å². The van der Waals surface area contributed by atoms with Gasteiger partial charge in [-0.05, 0) is 31.7 Å². The molecule has 1 saturated carbocycles. The molecule has 1 atom stereocenters. The fourth-order valence-electron chi connectivity index (χ4n) is 1.89. The summed E-state index contributed by atoms with van der Waals surface area (Å²) in [5.74, 6) is 1.10. The summed E-state index contributed by atoms with van der Waals surface area (Å²) < 4.78 is 0. The van der Waals surface area contributed by atoms with Crippen LogP contribution in [0.4, 0.5) is 0 Å². The van der Waals surface area contributed by atoms with E-state index in [9.17, 15) is 4.79 Å². The molecule has 1 aliphatic carbocycles. The van der Waals surface area contributed by atoms with Crippen LogP contribution in [0.5, 0.6) is 0 Å². The molecule has 3 nitrogen and oxygen atoms in total. The van der Waals surface area contributed by atoms with Crippen molar-refractivity contribution in [2.45, 2.75) is 25.3 Å². The molecule has 0 radical (unpaired) electrons. The highest BCUT2D eigenvalue weighted by atomic mass is 35.5. The summed E-state index contributed by atoms with van der Waals surface area (Å²) in [6.07, 6.45) is 3.84. The number of hydrogen-bond acceptors (Lipinski definition) is 2. The lowest BCUT2D eigenvalue weighted by Crippen LogP contribution is -2.36. The average molecular weight is 217 g/mol.